The third-order valence-electron chi connectivity index (χ3n) is 5.96. The summed E-state index contributed by atoms with van der Waals surface area (Å²) in [6.45, 7) is 2.28. The van der Waals surface area contributed by atoms with Crippen molar-refractivity contribution in [1.82, 2.24) is 14.3 Å². The van der Waals surface area contributed by atoms with Gasteiger partial charge in [0, 0.05) is 37.6 Å². The maximum absolute atomic E-state index is 13.3. The van der Waals surface area contributed by atoms with Crippen LogP contribution in [0.15, 0.2) is 48.5 Å². The minimum atomic E-state index is -0.246. The molecule has 30 heavy (non-hydrogen) atoms. The minimum Gasteiger partial charge on any atom is -0.336 e. The summed E-state index contributed by atoms with van der Waals surface area (Å²) in [6.07, 6.45) is 3.30. The largest absolute Gasteiger partial charge is 0.336 e. The lowest BCUT2D eigenvalue weighted by molar-refractivity contribution is -0.133. The number of hydrogen-bond acceptors (Lipinski definition) is 5. The fourth-order valence-corrected chi connectivity index (χ4v) is 5.13. The van der Waals surface area contributed by atoms with Crippen molar-refractivity contribution in [1.29, 1.82) is 0 Å². The zero-order valence-electron chi connectivity index (χ0n) is 16.6. The predicted octanol–water partition coefficient (Wildman–Crippen LogP) is 3.82. The van der Waals surface area contributed by atoms with Crippen molar-refractivity contribution >= 4 is 22.6 Å². The van der Waals surface area contributed by atoms with Gasteiger partial charge >= 0.3 is 0 Å². The average molecular weight is 423 g/mol. The maximum atomic E-state index is 13.3. The van der Waals surface area contributed by atoms with Crippen LogP contribution in [-0.4, -0.2) is 39.3 Å². The van der Waals surface area contributed by atoms with E-state index in [1.54, 1.807) is 12.1 Å². The maximum Gasteiger partial charge on any atom is 0.245 e. The molecule has 3 heterocycles. The summed E-state index contributed by atoms with van der Waals surface area (Å²) in [6, 6.07) is 14.6. The fraction of sp³-hybridized carbons (Fsp3) is 0.348. The van der Waals surface area contributed by atoms with E-state index in [0.717, 1.165) is 43.0 Å². The van der Waals surface area contributed by atoms with Crippen molar-refractivity contribution in [3.8, 4) is 0 Å². The molecule has 0 bridgehead atoms. The van der Waals surface area contributed by atoms with Crippen molar-refractivity contribution in [2.24, 2.45) is 0 Å². The molecule has 0 unspecified atom stereocenters. The van der Waals surface area contributed by atoms with Gasteiger partial charge < -0.3 is 9.80 Å². The third kappa shape index (κ3) is 3.81. The Balaban J connectivity index is 1.29. The molecule has 5 rings (SSSR count). The molecule has 0 spiro atoms. The van der Waals surface area contributed by atoms with E-state index in [-0.39, 0.29) is 17.8 Å². The van der Waals surface area contributed by atoms with Gasteiger partial charge in [-0.25, -0.2) is 9.37 Å². The smallest absolute Gasteiger partial charge is 0.245 e. The molecule has 2 aliphatic rings. The highest BCUT2D eigenvalue weighted by Crippen LogP contribution is 2.30. The number of benzene rings is 2. The van der Waals surface area contributed by atoms with Crippen LogP contribution in [0.4, 0.5) is 9.52 Å². The van der Waals surface area contributed by atoms with Crippen LogP contribution in [0.2, 0.25) is 0 Å². The number of anilines is 1. The van der Waals surface area contributed by atoms with Gasteiger partial charge in [-0.1, -0.05) is 36.4 Å². The van der Waals surface area contributed by atoms with Crippen molar-refractivity contribution in [2.75, 3.05) is 18.0 Å². The third-order valence-corrected chi connectivity index (χ3v) is 6.75. The molecule has 1 saturated heterocycles. The van der Waals surface area contributed by atoms with Crippen LogP contribution in [0.5, 0.6) is 0 Å². The Labute approximate surface area is 179 Å². The van der Waals surface area contributed by atoms with Crippen LogP contribution < -0.4 is 4.90 Å². The first-order valence-electron chi connectivity index (χ1n) is 10.4. The molecule has 2 aromatic carbocycles. The van der Waals surface area contributed by atoms with E-state index in [9.17, 15) is 9.18 Å². The van der Waals surface area contributed by atoms with E-state index in [2.05, 4.69) is 27.5 Å². The molecular formula is C23H23FN4OS. The monoisotopic (exact) mass is 422 g/mol. The van der Waals surface area contributed by atoms with Gasteiger partial charge in [0.15, 0.2) is 0 Å². The van der Waals surface area contributed by atoms with Gasteiger partial charge in [0.05, 0.1) is 0 Å². The normalized spacial score (nSPS) is 18.5. The van der Waals surface area contributed by atoms with E-state index < -0.39 is 0 Å². The second-order valence-electron chi connectivity index (χ2n) is 7.93. The Morgan fingerprint density at radius 2 is 1.90 bits per heavy atom. The molecule has 1 fully saturated rings. The molecule has 0 aliphatic carbocycles. The van der Waals surface area contributed by atoms with Gasteiger partial charge in [0.2, 0.25) is 11.0 Å². The van der Waals surface area contributed by atoms with Crippen LogP contribution in [0, 0.1) is 5.82 Å². The second kappa shape index (κ2) is 8.14. The topological polar surface area (TPSA) is 49.3 Å². The van der Waals surface area contributed by atoms with E-state index in [1.807, 2.05) is 11.0 Å². The molecular weight excluding hydrogens is 399 g/mol. The summed E-state index contributed by atoms with van der Waals surface area (Å²) in [4.78, 5) is 22.1. The van der Waals surface area contributed by atoms with Gasteiger partial charge in [-0.15, -0.1) is 0 Å². The first kappa shape index (κ1) is 19.2. The molecule has 3 aromatic rings. The summed E-state index contributed by atoms with van der Waals surface area (Å²) in [5.74, 6) is 0.660. The van der Waals surface area contributed by atoms with E-state index >= 15 is 0 Å². The summed E-state index contributed by atoms with van der Waals surface area (Å²) < 4.78 is 17.6. The molecule has 0 saturated carbocycles. The van der Waals surface area contributed by atoms with E-state index in [0.29, 0.717) is 18.8 Å². The van der Waals surface area contributed by atoms with Crippen LogP contribution >= 0.6 is 11.5 Å². The number of carbonyl (C=O) groups is 1. The standard InChI is InChI=1S/C23H23FN4OS/c24-19-9-7-16(8-10-19)14-21-25-23(30-26-21)28-12-3-6-20(28)22(29)27-13-11-17-4-1-2-5-18(17)15-27/h1-2,4-5,7-10,20H,3,6,11-15H2/t20-/m1/s1. The summed E-state index contributed by atoms with van der Waals surface area (Å²) >= 11 is 1.35. The lowest BCUT2D eigenvalue weighted by Gasteiger charge is -2.33. The van der Waals surface area contributed by atoms with Crippen molar-refractivity contribution in [2.45, 2.75) is 38.3 Å². The van der Waals surface area contributed by atoms with Gasteiger partial charge in [-0.3, -0.25) is 4.79 Å². The molecule has 5 nitrogen and oxygen atoms in total. The van der Waals surface area contributed by atoms with Gasteiger partial charge in [0.25, 0.3) is 0 Å². The molecule has 154 valence electrons. The number of halogens is 1. The van der Waals surface area contributed by atoms with Crippen LogP contribution in [0.3, 0.4) is 0 Å². The Kier molecular flexibility index (Phi) is 5.21. The van der Waals surface area contributed by atoms with Crippen molar-refractivity contribution in [3.63, 3.8) is 0 Å². The Morgan fingerprint density at radius 1 is 1.10 bits per heavy atom. The molecule has 1 aromatic heterocycles. The molecule has 1 atom stereocenters. The zero-order valence-corrected chi connectivity index (χ0v) is 17.4. The number of carbonyl (C=O) groups excluding carboxylic acids is 1. The summed E-state index contributed by atoms with van der Waals surface area (Å²) in [5, 5.41) is 0.806. The molecule has 1 amide bonds. The molecule has 0 radical (unpaired) electrons. The highest BCUT2D eigenvalue weighted by Gasteiger charge is 2.36. The first-order valence-corrected chi connectivity index (χ1v) is 11.1. The number of hydrogen-bond donors (Lipinski definition) is 0. The number of rotatable bonds is 4. The lowest BCUT2D eigenvalue weighted by atomic mass is 9.99. The first-order chi connectivity index (χ1) is 14.7. The van der Waals surface area contributed by atoms with E-state index in [1.165, 1.54) is 34.8 Å². The zero-order chi connectivity index (χ0) is 20.5. The number of amides is 1. The average Bonchev–Trinajstić information content (AvgIpc) is 3.44. The number of nitrogens with zero attached hydrogens (tertiary/aromatic N) is 4. The van der Waals surface area contributed by atoms with Crippen LogP contribution in [0.1, 0.15) is 35.4 Å². The summed E-state index contributed by atoms with van der Waals surface area (Å²) in [7, 11) is 0. The number of aromatic nitrogens is 2. The second-order valence-corrected chi connectivity index (χ2v) is 8.66. The lowest BCUT2D eigenvalue weighted by Crippen LogP contribution is -2.47. The predicted molar refractivity (Wildman–Crippen MR) is 115 cm³/mol. The molecule has 0 N–H and O–H groups in total. The highest BCUT2D eigenvalue weighted by atomic mass is 32.1. The minimum absolute atomic E-state index is 0.165. The van der Waals surface area contributed by atoms with Gasteiger partial charge in [0.1, 0.15) is 17.7 Å². The fourth-order valence-electron chi connectivity index (χ4n) is 4.37. The van der Waals surface area contributed by atoms with Crippen LogP contribution in [-0.2, 0) is 24.2 Å². The SMILES string of the molecule is O=C([C@H]1CCCN1c1nc(Cc2ccc(F)cc2)ns1)N1CCc2ccccc2C1. The van der Waals surface area contributed by atoms with Crippen LogP contribution in [0.25, 0.3) is 0 Å². The van der Waals surface area contributed by atoms with E-state index in [4.69, 9.17) is 4.98 Å². The highest BCUT2D eigenvalue weighted by molar-refractivity contribution is 7.09. The van der Waals surface area contributed by atoms with Crippen molar-refractivity contribution < 1.29 is 9.18 Å². The van der Waals surface area contributed by atoms with Gasteiger partial charge in [-0.2, -0.15) is 4.37 Å². The molecule has 2 aliphatic heterocycles. The van der Waals surface area contributed by atoms with Gasteiger partial charge in [-0.05, 0) is 48.1 Å². The number of fused-ring (bicyclic) bond motifs is 1. The Bertz CT molecular complexity index is 1050. The Morgan fingerprint density at radius 3 is 2.73 bits per heavy atom. The van der Waals surface area contributed by atoms with Crippen molar-refractivity contribution in [3.05, 3.63) is 76.9 Å². The molecule has 7 heteroatoms. The Hall–Kier alpha value is -2.80. The summed E-state index contributed by atoms with van der Waals surface area (Å²) in [5.41, 5.74) is 3.57. The quantitative estimate of drug-likeness (QED) is 0.641.